The van der Waals surface area contributed by atoms with Gasteiger partial charge in [0.15, 0.2) is 5.65 Å². The molecule has 0 spiro atoms. The summed E-state index contributed by atoms with van der Waals surface area (Å²) in [7, 11) is 0. The van der Waals surface area contributed by atoms with Crippen LogP contribution in [0.2, 0.25) is 0 Å². The molecule has 2 aromatic heterocycles. The molecule has 1 atom stereocenters. The van der Waals surface area contributed by atoms with E-state index in [4.69, 9.17) is 5.73 Å². The van der Waals surface area contributed by atoms with E-state index in [0.29, 0.717) is 0 Å². The van der Waals surface area contributed by atoms with E-state index in [1.54, 1.807) is 0 Å². The Morgan fingerprint density at radius 1 is 1.50 bits per heavy atom. The van der Waals surface area contributed by atoms with Gasteiger partial charge in [-0.3, -0.25) is 4.40 Å². The van der Waals surface area contributed by atoms with E-state index >= 15 is 0 Å². The highest BCUT2D eigenvalue weighted by atomic mass is 79.9. The Bertz CT molecular complexity index is 449. The molecular formula is C9H11BrN4. The average Bonchev–Trinajstić information content (AvgIpc) is 2.49. The second kappa shape index (κ2) is 3.67. The maximum Gasteiger partial charge on any atom is 0.161 e. The molecule has 5 heteroatoms. The molecule has 0 bridgehead atoms. The van der Waals surface area contributed by atoms with E-state index in [2.05, 4.69) is 26.1 Å². The van der Waals surface area contributed by atoms with Crippen molar-refractivity contribution in [2.75, 3.05) is 0 Å². The zero-order valence-corrected chi connectivity index (χ0v) is 9.40. The SMILES string of the molecule is CC(N)Cc1nnc2cccc(Br)n12. The number of nitrogens with zero attached hydrogens (tertiary/aromatic N) is 3. The third-order valence-corrected chi connectivity index (χ3v) is 2.57. The summed E-state index contributed by atoms with van der Waals surface area (Å²) < 4.78 is 2.92. The lowest BCUT2D eigenvalue weighted by Gasteiger charge is -2.04. The van der Waals surface area contributed by atoms with Crippen LogP contribution in [-0.4, -0.2) is 20.6 Å². The van der Waals surface area contributed by atoms with Gasteiger partial charge in [-0.2, -0.15) is 0 Å². The number of aromatic nitrogens is 3. The highest BCUT2D eigenvalue weighted by molar-refractivity contribution is 9.10. The maximum absolute atomic E-state index is 5.73. The summed E-state index contributed by atoms with van der Waals surface area (Å²) in [4.78, 5) is 0. The second-order valence-corrected chi connectivity index (χ2v) is 4.15. The van der Waals surface area contributed by atoms with Gasteiger partial charge in [0.2, 0.25) is 0 Å². The summed E-state index contributed by atoms with van der Waals surface area (Å²) in [5, 5.41) is 8.16. The lowest BCUT2D eigenvalue weighted by Crippen LogP contribution is -2.19. The normalized spacial score (nSPS) is 13.4. The maximum atomic E-state index is 5.73. The van der Waals surface area contributed by atoms with Crippen molar-refractivity contribution in [1.82, 2.24) is 14.6 Å². The molecule has 2 aromatic rings. The van der Waals surface area contributed by atoms with Crippen LogP contribution >= 0.6 is 15.9 Å². The van der Waals surface area contributed by atoms with Crippen molar-refractivity contribution in [3.8, 4) is 0 Å². The topological polar surface area (TPSA) is 56.2 Å². The molecule has 4 nitrogen and oxygen atoms in total. The molecule has 1 unspecified atom stereocenters. The summed E-state index contributed by atoms with van der Waals surface area (Å²) in [5.41, 5.74) is 6.57. The first-order valence-electron chi connectivity index (χ1n) is 4.42. The third-order valence-electron chi connectivity index (χ3n) is 1.95. The van der Waals surface area contributed by atoms with Gasteiger partial charge in [-0.15, -0.1) is 10.2 Å². The van der Waals surface area contributed by atoms with Crippen LogP contribution in [0.4, 0.5) is 0 Å². The van der Waals surface area contributed by atoms with Crippen molar-refractivity contribution < 1.29 is 0 Å². The fourth-order valence-corrected chi connectivity index (χ4v) is 1.92. The minimum atomic E-state index is 0.0921. The van der Waals surface area contributed by atoms with Crippen LogP contribution in [-0.2, 0) is 6.42 Å². The van der Waals surface area contributed by atoms with Crippen molar-refractivity contribution in [2.45, 2.75) is 19.4 Å². The molecular weight excluding hydrogens is 244 g/mol. The van der Waals surface area contributed by atoms with Crippen LogP contribution in [0.1, 0.15) is 12.7 Å². The Hall–Kier alpha value is -0.940. The van der Waals surface area contributed by atoms with Gasteiger partial charge in [0.05, 0.1) is 4.60 Å². The molecule has 0 aromatic carbocycles. The van der Waals surface area contributed by atoms with Crippen LogP contribution in [0.3, 0.4) is 0 Å². The largest absolute Gasteiger partial charge is 0.328 e. The summed E-state index contributed by atoms with van der Waals surface area (Å²) in [6, 6.07) is 5.90. The van der Waals surface area contributed by atoms with Crippen molar-refractivity contribution in [1.29, 1.82) is 0 Å². The monoisotopic (exact) mass is 254 g/mol. The quantitative estimate of drug-likeness (QED) is 0.825. The van der Waals surface area contributed by atoms with E-state index in [1.807, 2.05) is 29.5 Å². The first-order chi connectivity index (χ1) is 6.68. The van der Waals surface area contributed by atoms with Gasteiger partial charge in [0.1, 0.15) is 5.82 Å². The fraction of sp³-hybridized carbons (Fsp3) is 0.333. The summed E-state index contributed by atoms with van der Waals surface area (Å²) >= 11 is 3.46. The predicted octanol–water partition coefficient (Wildman–Crippen LogP) is 1.38. The van der Waals surface area contributed by atoms with E-state index in [0.717, 1.165) is 22.5 Å². The van der Waals surface area contributed by atoms with E-state index < -0.39 is 0 Å². The van der Waals surface area contributed by atoms with Crippen LogP contribution in [0.15, 0.2) is 22.8 Å². The molecule has 0 fully saturated rings. The Morgan fingerprint density at radius 2 is 2.29 bits per heavy atom. The standard InChI is InChI=1S/C9H11BrN4/c1-6(11)5-9-13-12-8-4-2-3-7(10)14(8)9/h2-4,6H,5,11H2,1H3. The van der Waals surface area contributed by atoms with Crippen molar-refractivity contribution in [3.63, 3.8) is 0 Å². The lowest BCUT2D eigenvalue weighted by atomic mass is 10.2. The Balaban J connectivity index is 2.55. The minimum absolute atomic E-state index is 0.0921. The summed E-state index contributed by atoms with van der Waals surface area (Å²) in [6.07, 6.45) is 0.726. The minimum Gasteiger partial charge on any atom is -0.328 e. The molecule has 2 N–H and O–H groups in total. The molecule has 0 aliphatic heterocycles. The molecule has 0 amide bonds. The Labute approximate surface area is 90.3 Å². The van der Waals surface area contributed by atoms with Crippen molar-refractivity contribution in [3.05, 3.63) is 28.6 Å². The zero-order valence-electron chi connectivity index (χ0n) is 7.81. The van der Waals surface area contributed by atoms with Crippen LogP contribution in [0.5, 0.6) is 0 Å². The fourth-order valence-electron chi connectivity index (χ4n) is 1.38. The first-order valence-corrected chi connectivity index (χ1v) is 5.22. The number of nitrogens with two attached hydrogens (primary N) is 1. The lowest BCUT2D eigenvalue weighted by molar-refractivity contribution is 0.693. The van der Waals surface area contributed by atoms with Crippen LogP contribution in [0.25, 0.3) is 5.65 Å². The number of hydrogen-bond acceptors (Lipinski definition) is 3. The van der Waals surface area contributed by atoms with E-state index in [-0.39, 0.29) is 6.04 Å². The highest BCUT2D eigenvalue weighted by Gasteiger charge is 2.08. The summed E-state index contributed by atoms with van der Waals surface area (Å²) in [6.45, 7) is 1.96. The molecule has 0 aliphatic rings. The first kappa shape index (κ1) is 9.61. The number of rotatable bonds is 2. The average molecular weight is 255 g/mol. The van der Waals surface area contributed by atoms with Gasteiger partial charge in [-0.25, -0.2) is 0 Å². The molecule has 74 valence electrons. The van der Waals surface area contributed by atoms with Gasteiger partial charge in [-0.05, 0) is 35.0 Å². The molecule has 0 radical (unpaired) electrons. The third kappa shape index (κ3) is 1.65. The second-order valence-electron chi connectivity index (χ2n) is 3.34. The van der Waals surface area contributed by atoms with Crippen LogP contribution in [0, 0.1) is 0 Å². The van der Waals surface area contributed by atoms with Gasteiger partial charge < -0.3 is 5.73 Å². The smallest absolute Gasteiger partial charge is 0.161 e. The van der Waals surface area contributed by atoms with Crippen molar-refractivity contribution >= 4 is 21.6 Å². The zero-order chi connectivity index (χ0) is 10.1. The van der Waals surface area contributed by atoms with Gasteiger partial charge in [-0.1, -0.05) is 6.07 Å². The highest BCUT2D eigenvalue weighted by Crippen LogP contribution is 2.14. The molecule has 2 heterocycles. The molecule has 2 rings (SSSR count). The Morgan fingerprint density at radius 3 is 3.00 bits per heavy atom. The molecule has 0 saturated carbocycles. The predicted molar refractivity (Wildman–Crippen MR) is 58.0 cm³/mol. The molecule has 0 saturated heterocycles. The van der Waals surface area contributed by atoms with Crippen LogP contribution < -0.4 is 5.73 Å². The molecule has 14 heavy (non-hydrogen) atoms. The number of halogens is 1. The Kier molecular flexibility index (Phi) is 2.52. The van der Waals surface area contributed by atoms with Crippen molar-refractivity contribution in [2.24, 2.45) is 5.73 Å². The van der Waals surface area contributed by atoms with E-state index in [9.17, 15) is 0 Å². The van der Waals surface area contributed by atoms with Gasteiger partial charge in [0.25, 0.3) is 0 Å². The number of hydrogen-bond donors (Lipinski definition) is 1. The molecule has 0 aliphatic carbocycles. The number of pyridine rings is 1. The number of fused-ring (bicyclic) bond motifs is 1. The van der Waals surface area contributed by atoms with Gasteiger partial charge in [0, 0.05) is 12.5 Å². The van der Waals surface area contributed by atoms with E-state index in [1.165, 1.54) is 0 Å². The van der Waals surface area contributed by atoms with Gasteiger partial charge >= 0.3 is 0 Å². The summed E-state index contributed by atoms with van der Waals surface area (Å²) in [5.74, 6) is 0.891.